The Morgan fingerprint density at radius 1 is 1.41 bits per heavy atom. The van der Waals surface area contributed by atoms with Gasteiger partial charge in [0.05, 0.1) is 19.4 Å². The molecule has 0 aliphatic rings. The Bertz CT molecular complexity index is 413. The van der Waals surface area contributed by atoms with Crippen molar-refractivity contribution in [1.82, 2.24) is 0 Å². The summed E-state index contributed by atoms with van der Waals surface area (Å²) in [6.07, 6.45) is 1.41. The third kappa shape index (κ3) is 4.18. The van der Waals surface area contributed by atoms with Crippen molar-refractivity contribution < 1.29 is 14.3 Å². The largest absolute Gasteiger partial charge is 0.495 e. The van der Waals surface area contributed by atoms with Crippen LogP contribution in [-0.2, 0) is 9.53 Å². The van der Waals surface area contributed by atoms with Crippen molar-refractivity contribution in [2.24, 2.45) is 0 Å². The molecule has 92 valence electrons. The Morgan fingerprint density at radius 2 is 2.12 bits per heavy atom. The first-order valence-electron chi connectivity index (χ1n) is 5.42. The third-order valence-electron chi connectivity index (χ3n) is 2.06. The second kappa shape index (κ2) is 6.58. The highest BCUT2D eigenvalue weighted by Crippen LogP contribution is 2.24. The summed E-state index contributed by atoms with van der Waals surface area (Å²) >= 11 is 0. The van der Waals surface area contributed by atoms with E-state index < -0.39 is 0 Å². The highest BCUT2D eigenvalue weighted by atomic mass is 16.5. The van der Waals surface area contributed by atoms with Crippen LogP contribution in [0.25, 0.3) is 0 Å². The van der Waals surface area contributed by atoms with E-state index in [2.05, 4.69) is 5.32 Å². The van der Waals surface area contributed by atoms with Crippen LogP contribution in [0.5, 0.6) is 5.75 Å². The predicted molar refractivity (Wildman–Crippen MR) is 67.0 cm³/mol. The minimum absolute atomic E-state index is 0.354. The lowest BCUT2D eigenvalue weighted by Gasteiger charge is -2.10. The van der Waals surface area contributed by atoms with Crippen LogP contribution >= 0.6 is 0 Å². The van der Waals surface area contributed by atoms with Crippen molar-refractivity contribution >= 4 is 11.7 Å². The molecule has 0 amide bonds. The van der Waals surface area contributed by atoms with Crippen LogP contribution in [0.3, 0.4) is 0 Å². The number of esters is 1. The molecule has 0 fully saturated rings. The van der Waals surface area contributed by atoms with Crippen LogP contribution in [0.1, 0.15) is 13.8 Å². The molecule has 4 nitrogen and oxygen atoms in total. The van der Waals surface area contributed by atoms with Crippen LogP contribution < -0.4 is 10.1 Å². The van der Waals surface area contributed by atoms with Crippen LogP contribution in [0.2, 0.25) is 0 Å². The highest BCUT2D eigenvalue weighted by molar-refractivity contribution is 5.83. The molecular weight excluding hydrogens is 218 g/mol. The van der Waals surface area contributed by atoms with Gasteiger partial charge >= 0.3 is 5.97 Å². The lowest BCUT2D eigenvalue weighted by atomic mass is 10.3. The number of benzene rings is 1. The molecule has 1 aromatic carbocycles. The molecule has 1 rings (SSSR count). The number of anilines is 1. The van der Waals surface area contributed by atoms with Gasteiger partial charge in [-0.25, -0.2) is 4.79 Å². The molecule has 0 aromatic heterocycles. The number of allylic oxidation sites excluding steroid dienone is 1. The number of ether oxygens (including phenoxy) is 2. The van der Waals surface area contributed by atoms with E-state index in [1.165, 1.54) is 6.08 Å². The van der Waals surface area contributed by atoms with E-state index in [-0.39, 0.29) is 5.97 Å². The van der Waals surface area contributed by atoms with Crippen LogP contribution in [0, 0.1) is 0 Å². The number of nitrogens with one attached hydrogen (secondary N) is 1. The van der Waals surface area contributed by atoms with E-state index in [1.54, 1.807) is 21.0 Å². The minimum Gasteiger partial charge on any atom is -0.495 e. The van der Waals surface area contributed by atoms with E-state index in [9.17, 15) is 4.79 Å². The van der Waals surface area contributed by atoms with Gasteiger partial charge in [-0.3, -0.25) is 0 Å². The molecule has 0 bridgehead atoms. The van der Waals surface area contributed by atoms with Gasteiger partial charge in [0.1, 0.15) is 5.75 Å². The number of methoxy groups -OCH3 is 1. The zero-order valence-electron chi connectivity index (χ0n) is 10.3. The minimum atomic E-state index is -0.354. The van der Waals surface area contributed by atoms with Crippen molar-refractivity contribution in [3.05, 3.63) is 36.0 Å². The average molecular weight is 235 g/mol. The predicted octanol–water partition coefficient (Wildman–Crippen LogP) is 2.57. The van der Waals surface area contributed by atoms with E-state index in [0.29, 0.717) is 12.3 Å². The third-order valence-corrected chi connectivity index (χ3v) is 2.06. The lowest BCUT2D eigenvalue weighted by Crippen LogP contribution is -2.04. The van der Waals surface area contributed by atoms with Gasteiger partial charge < -0.3 is 14.8 Å². The zero-order chi connectivity index (χ0) is 12.7. The molecule has 17 heavy (non-hydrogen) atoms. The first-order chi connectivity index (χ1) is 8.17. The Balaban J connectivity index is 2.73. The quantitative estimate of drug-likeness (QED) is 0.629. The fraction of sp³-hybridized carbons (Fsp3) is 0.308. The van der Waals surface area contributed by atoms with Crippen molar-refractivity contribution in [3.8, 4) is 5.75 Å². The van der Waals surface area contributed by atoms with Gasteiger partial charge in [-0.2, -0.15) is 0 Å². The molecule has 0 aliphatic heterocycles. The summed E-state index contributed by atoms with van der Waals surface area (Å²) in [5, 5.41) is 3.09. The van der Waals surface area contributed by atoms with Gasteiger partial charge in [0.15, 0.2) is 0 Å². The van der Waals surface area contributed by atoms with E-state index in [0.717, 1.165) is 11.4 Å². The molecule has 1 aromatic rings. The topological polar surface area (TPSA) is 47.6 Å². The number of hydrogen-bond donors (Lipinski definition) is 1. The molecule has 0 saturated heterocycles. The average Bonchev–Trinajstić information content (AvgIpc) is 2.29. The second-order valence-electron chi connectivity index (χ2n) is 3.40. The molecular formula is C13H17NO3. The summed E-state index contributed by atoms with van der Waals surface area (Å²) in [4.78, 5) is 11.2. The molecule has 4 heteroatoms. The van der Waals surface area contributed by atoms with Crippen LogP contribution in [-0.4, -0.2) is 19.7 Å². The summed E-state index contributed by atoms with van der Waals surface area (Å²) in [6, 6.07) is 7.50. The molecule has 0 unspecified atom stereocenters. The molecule has 0 aliphatic carbocycles. The normalized spacial score (nSPS) is 10.9. The summed E-state index contributed by atoms with van der Waals surface area (Å²) in [7, 11) is 1.60. The number of rotatable bonds is 5. The van der Waals surface area contributed by atoms with Gasteiger partial charge in [0.25, 0.3) is 0 Å². The van der Waals surface area contributed by atoms with Gasteiger partial charge in [-0.1, -0.05) is 12.1 Å². The van der Waals surface area contributed by atoms with Crippen molar-refractivity contribution in [3.63, 3.8) is 0 Å². The number of carbonyl (C=O) groups is 1. The molecule has 0 heterocycles. The standard InChI is InChI=1S/C13H17NO3/c1-4-17-13(15)9-10(2)14-11-7-5-6-8-12(11)16-3/h5-9,14H,4H2,1-3H3/b10-9+. The molecule has 1 N–H and O–H groups in total. The van der Waals surface area contributed by atoms with Crippen molar-refractivity contribution in [1.29, 1.82) is 0 Å². The Kier molecular flexibility index (Phi) is 5.07. The Morgan fingerprint density at radius 3 is 2.76 bits per heavy atom. The molecule has 0 saturated carbocycles. The fourth-order valence-corrected chi connectivity index (χ4v) is 1.36. The van der Waals surface area contributed by atoms with E-state index in [1.807, 2.05) is 24.3 Å². The number of para-hydroxylation sites is 2. The first-order valence-corrected chi connectivity index (χ1v) is 5.42. The van der Waals surface area contributed by atoms with Crippen LogP contribution in [0.4, 0.5) is 5.69 Å². The highest BCUT2D eigenvalue weighted by Gasteiger charge is 2.03. The molecule has 0 spiro atoms. The fourth-order valence-electron chi connectivity index (χ4n) is 1.36. The smallest absolute Gasteiger partial charge is 0.332 e. The molecule has 0 atom stereocenters. The second-order valence-corrected chi connectivity index (χ2v) is 3.40. The molecule has 0 radical (unpaired) electrons. The Hall–Kier alpha value is -1.97. The zero-order valence-corrected chi connectivity index (χ0v) is 10.3. The summed E-state index contributed by atoms with van der Waals surface area (Å²) in [6.45, 7) is 3.94. The Labute approximate surface area is 101 Å². The number of carbonyl (C=O) groups excluding carboxylic acids is 1. The van der Waals surface area contributed by atoms with E-state index >= 15 is 0 Å². The van der Waals surface area contributed by atoms with Crippen molar-refractivity contribution in [2.75, 3.05) is 19.0 Å². The van der Waals surface area contributed by atoms with Gasteiger partial charge in [0, 0.05) is 11.8 Å². The summed E-state index contributed by atoms with van der Waals surface area (Å²) in [5.74, 6) is 0.372. The number of hydrogen-bond acceptors (Lipinski definition) is 4. The van der Waals surface area contributed by atoms with Crippen molar-refractivity contribution in [2.45, 2.75) is 13.8 Å². The first kappa shape index (κ1) is 13.1. The van der Waals surface area contributed by atoms with Gasteiger partial charge in [-0.05, 0) is 26.0 Å². The van der Waals surface area contributed by atoms with Crippen LogP contribution in [0.15, 0.2) is 36.0 Å². The SMILES string of the molecule is CCOC(=O)/C=C(\C)Nc1ccccc1OC. The summed E-state index contributed by atoms with van der Waals surface area (Å²) < 4.78 is 10.0. The maximum Gasteiger partial charge on any atom is 0.332 e. The summed E-state index contributed by atoms with van der Waals surface area (Å²) in [5.41, 5.74) is 1.51. The monoisotopic (exact) mass is 235 g/mol. The maximum atomic E-state index is 11.2. The van der Waals surface area contributed by atoms with Gasteiger partial charge in [-0.15, -0.1) is 0 Å². The van der Waals surface area contributed by atoms with E-state index in [4.69, 9.17) is 9.47 Å². The van der Waals surface area contributed by atoms with Gasteiger partial charge in [0.2, 0.25) is 0 Å². The maximum absolute atomic E-state index is 11.2. The lowest BCUT2D eigenvalue weighted by molar-refractivity contribution is -0.137.